The smallest absolute Gasteiger partial charge is 0.219 e. The molecule has 3 nitrogen and oxygen atoms in total. The lowest BCUT2D eigenvalue weighted by Crippen LogP contribution is -2.16. The zero-order valence-corrected chi connectivity index (χ0v) is 11.5. The number of halogens is 2. The maximum absolute atomic E-state index is 10.6. The van der Waals surface area contributed by atoms with Crippen molar-refractivity contribution in [1.29, 1.82) is 0 Å². The first-order valence-corrected chi connectivity index (χ1v) is 6.07. The summed E-state index contributed by atoms with van der Waals surface area (Å²) in [5.41, 5.74) is 7.16. The quantitative estimate of drug-likeness (QED) is 0.889. The van der Waals surface area contributed by atoms with Gasteiger partial charge in [0.25, 0.3) is 0 Å². The van der Waals surface area contributed by atoms with Gasteiger partial charge in [-0.15, -0.1) is 0 Å². The first kappa shape index (κ1) is 12.5. The van der Waals surface area contributed by atoms with Crippen LogP contribution in [0.25, 0.3) is 0 Å². The molecular weight excluding hydrogens is 324 g/mol. The number of rotatable bonds is 4. The third kappa shape index (κ3) is 3.83. The number of nitrogens with one attached hydrogen (secondary N) is 1. The largest absolute Gasteiger partial charge is 0.383 e. The number of nitrogens with two attached hydrogens (primary N) is 1. The molecular formula is C10H12Br2N2O. The summed E-state index contributed by atoms with van der Waals surface area (Å²) in [6.45, 7) is 2.55. The number of anilines is 1. The van der Waals surface area contributed by atoms with Crippen LogP contribution in [0.5, 0.6) is 0 Å². The average Bonchev–Trinajstić information content (AvgIpc) is 2.08. The average molecular weight is 336 g/mol. The molecule has 0 spiro atoms. The van der Waals surface area contributed by atoms with Gasteiger partial charge in [-0.25, -0.2) is 0 Å². The van der Waals surface area contributed by atoms with Crippen molar-refractivity contribution < 1.29 is 4.79 Å². The molecule has 0 saturated heterocycles. The fraction of sp³-hybridized carbons (Fsp3) is 0.300. The summed E-state index contributed by atoms with van der Waals surface area (Å²) in [5.74, 6) is -0.304. The van der Waals surface area contributed by atoms with Crippen LogP contribution >= 0.6 is 31.9 Å². The highest BCUT2D eigenvalue weighted by atomic mass is 79.9. The third-order valence-electron chi connectivity index (χ3n) is 1.86. The molecule has 0 aliphatic carbocycles. The van der Waals surface area contributed by atoms with Gasteiger partial charge in [-0.3, -0.25) is 4.79 Å². The molecule has 0 bridgehead atoms. The molecule has 5 heteroatoms. The predicted molar refractivity (Wildman–Crippen MR) is 68.9 cm³/mol. The number of aryl methyl sites for hydroxylation is 1. The van der Waals surface area contributed by atoms with Crippen LogP contribution in [0, 0.1) is 6.92 Å². The van der Waals surface area contributed by atoms with Gasteiger partial charge in [0.2, 0.25) is 5.91 Å². The molecule has 1 rings (SSSR count). The molecule has 0 unspecified atom stereocenters. The van der Waals surface area contributed by atoms with E-state index in [1.165, 1.54) is 0 Å². The monoisotopic (exact) mass is 334 g/mol. The normalized spacial score (nSPS) is 10.1. The third-order valence-corrected chi connectivity index (χ3v) is 3.11. The Balaban J connectivity index is 2.72. The molecule has 0 aromatic heterocycles. The Hall–Kier alpha value is -0.550. The Bertz CT molecular complexity index is 357. The second-order valence-electron chi connectivity index (χ2n) is 3.25. The highest BCUT2D eigenvalue weighted by molar-refractivity contribution is 9.11. The number of amides is 1. The van der Waals surface area contributed by atoms with Crippen molar-refractivity contribution in [3.05, 3.63) is 26.6 Å². The standard InChI is InChI=1S/C10H12Br2N2O/c1-6-4-7(11)10(8(12)5-6)14-3-2-9(13)15/h4-5,14H,2-3H2,1H3,(H2,13,15). The van der Waals surface area contributed by atoms with Crippen LogP contribution in [0.2, 0.25) is 0 Å². The van der Waals surface area contributed by atoms with Gasteiger partial charge in [0.05, 0.1) is 5.69 Å². The number of carbonyl (C=O) groups excluding carboxylic acids is 1. The van der Waals surface area contributed by atoms with Crippen LogP contribution in [0.4, 0.5) is 5.69 Å². The number of benzene rings is 1. The Labute approximate surface area is 106 Å². The van der Waals surface area contributed by atoms with E-state index >= 15 is 0 Å². The van der Waals surface area contributed by atoms with Gasteiger partial charge in [0, 0.05) is 21.9 Å². The van der Waals surface area contributed by atoms with Crippen LogP contribution in [0.1, 0.15) is 12.0 Å². The lowest BCUT2D eigenvalue weighted by molar-refractivity contribution is -0.117. The van der Waals surface area contributed by atoms with E-state index in [0.29, 0.717) is 13.0 Å². The Morgan fingerprint density at radius 2 is 1.93 bits per heavy atom. The molecule has 82 valence electrons. The van der Waals surface area contributed by atoms with E-state index in [2.05, 4.69) is 37.2 Å². The van der Waals surface area contributed by atoms with Crippen molar-refractivity contribution in [3.63, 3.8) is 0 Å². The minimum absolute atomic E-state index is 0.304. The van der Waals surface area contributed by atoms with Crippen molar-refractivity contribution in [3.8, 4) is 0 Å². The van der Waals surface area contributed by atoms with Crippen LogP contribution in [-0.2, 0) is 4.79 Å². The van der Waals surface area contributed by atoms with Crippen molar-refractivity contribution in [2.75, 3.05) is 11.9 Å². The van der Waals surface area contributed by atoms with E-state index in [9.17, 15) is 4.79 Å². The van der Waals surface area contributed by atoms with Gasteiger partial charge >= 0.3 is 0 Å². The topological polar surface area (TPSA) is 55.1 Å². The zero-order chi connectivity index (χ0) is 11.4. The molecule has 0 heterocycles. The van der Waals surface area contributed by atoms with Crippen molar-refractivity contribution in [1.82, 2.24) is 0 Å². The fourth-order valence-corrected chi connectivity index (χ4v) is 2.88. The number of hydrogen-bond acceptors (Lipinski definition) is 2. The Morgan fingerprint density at radius 1 is 1.40 bits per heavy atom. The van der Waals surface area contributed by atoms with Gasteiger partial charge in [0.1, 0.15) is 0 Å². The van der Waals surface area contributed by atoms with E-state index in [1.54, 1.807) is 0 Å². The SMILES string of the molecule is Cc1cc(Br)c(NCCC(N)=O)c(Br)c1. The number of hydrogen-bond donors (Lipinski definition) is 2. The molecule has 1 amide bonds. The molecule has 0 aliphatic heterocycles. The molecule has 0 fully saturated rings. The molecule has 1 aromatic rings. The van der Waals surface area contributed by atoms with Crippen LogP contribution < -0.4 is 11.1 Å². The number of carbonyl (C=O) groups is 1. The zero-order valence-electron chi connectivity index (χ0n) is 8.31. The summed E-state index contributed by atoms with van der Waals surface area (Å²) in [6.07, 6.45) is 0.326. The first-order chi connectivity index (χ1) is 7.00. The van der Waals surface area contributed by atoms with E-state index in [0.717, 1.165) is 20.2 Å². The molecule has 0 radical (unpaired) electrons. The lowest BCUT2D eigenvalue weighted by Gasteiger charge is -2.10. The van der Waals surface area contributed by atoms with Crippen molar-refractivity contribution >= 4 is 43.5 Å². The second-order valence-corrected chi connectivity index (χ2v) is 4.96. The molecule has 1 aromatic carbocycles. The highest BCUT2D eigenvalue weighted by Gasteiger charge is 2.05. The highest BCUT2D eigenvalue weighted by Crippen LogP contribution is 2.32. The summed E-state index contributed by atoms with van der Waals surface area (Å²) >= 11 is 6.91. The van der Waals surface area contributed by atoms with Crippen LogP contribution in [0.3, 0.4) is 0 Å². The minimum atomic E-state index is -0.304. The number of primary amides is 1. The van der Waals surface area contributed by atoms with Gasteiger partial charge < -0.3 is 11.1 Å². The van der Waals surface area contributed by atoms with Gasteiger partial charge in [-0.05, 0) is 56.5 Å². The Morgan fingerprint density at radius 3 is 2.40 bits per heavy atom. The van der Waals surface area contributed by atoms with Gasteiger partial charge in [-0.1, -0.05) is 0 Å². The minimum Gasteiger partial charge on any atom is -0.383 e. The molecule has 15 heavy (non-hydrogen) atoms. The van der Waals surface area contributed by atoms with E-state index in [4.69, 9.17) is 5.73 Å². The fourth-order valence-electron chi connectivity index (χ4n) is 1.18. The maximum Gasteiger partial charge on any atom is 0.219 e. The molecule has 0 saturated carbocycles. The predicted octanol–water partition coefficient (Wildman–Crippen LogP) is 2.81. The van der Waals surface area contributed by atoms with Crippen LogP contribution in [-0.4, -0.2) is 12.5 Å². The summed E-state index contributed by atoms with van der Waals surface area (Å²) < 4.78 is 1.94. The second kappa shape index (κ2) is 5.51. The molecule has 3 N–H and O–H groups in total. The summed E-state index contributed by atoms with van der Waals surface area (Å²) in [5, 5.41) is 3.15. The molecule has 0 aliphatic rings. The summed E-state index contributed by atoms with van der Waals surface area (Å²) in [7, 11) is 0. The first-order valence-electron chi connectivity index (χ1n) is 4.48. The van der Waals surface area contributed by atoms with E-state index < -0.39 is 0 Å². The Kier molecular flexibility index (Phi) is 4.60. The van der Waals surface area contributed by atoms with Crippen LogP contribution in [0.15, 0.2) is 21.1 Å². The van der Waals surface area contributed by atoms with Crippen molar-refractivity contribution in [2.24, 2.45) is 5.73 Å². The van der Waals surface area contributed by atoms with E-state index in [-0.39, 0.29) is 5.91 Å². The molecule has 0 atom stereocenters. The summed E-state index contributed by atoms with van der Waals surface area (Å²) in [6, 6.07) is 4.02. The van der Waals surface area contributed by atoms with E-state index in [1.807, 2.05) is 19.1 Å². The van der Waals surface area contributed by atoms with Gasteiger partial charge in [-0.2, -0.15) is 0 Å². The maximum atomic E-state index is 10.6. The lowest BCUT2D eigenvalue weighted by atomic mass is 10.2. The van der Waals surface area contributed by atoms with Gasteiger partial charge in [0.15, 0.2) is 0 Å². The summed E-state index contributed by atoms with van der Waals surface area (Å²) in [4.78, 5) is 10.6. The van der Waals surface area contributed by atoms with Crippen molar-refractivity contribution in [2.45, 2.75) is 13.3 Å².